The normalized spacial score (nSPS) is 21.9. The lowest BCUT2D eigenvalue weighted by Crippen LogP contribution is -2.46. The third kappa shape index (κ3) is 2.87. The van der Waals surface area contributed by atoms with Crippen molar-refractivity contribution in [2.45, 2.75) is 26.1 Å². The zero-order valence-electron chi connectivity index (χ0n) is 13.1. The second-order valence-corrected chi connectivity index (χ2v) is 5.84. The van der Waals surface area contributed by atoms with Crippen LogP contribution in [0, 0.1) is 0 Å². The number of pyridine rings is 1. The van der Waals surface area contributed by atoms with Crippen LogP contribution in [0.25, 0.3) is 11.3 Å². The van der Waals surface area contributed by atoms with E-state index in [9.17, 15) is 4.79 Å². The van der Waals surface area contributed by atoms with Crippen LogP contribution in [0.15, 0.2) is 24.8 Å². The van der Waals surface area contributed by atoms with Gasteiger partial charge in [0.2, 0.25) is 0 Å². The summed E-state index contributed by atoms with van der Waals surface area (Å²) >= 11 is 0. The van der Waals surface area contributed by atoms with Gasteiger partial charge in [0.25, 0.3) is 0 Å². The first-order valence-electron chi connectivity index (χ1n) is 7.40. The molecule has 2 aromatic rings. The summed E-state index contributed by atoms with van der Waals surface area (Å²) in [5, 5.41) is 0. The molecule has 0 aromatic carbocycles. The summed E-state index contributed by atoms with van der Waals surface area (Å²) in [7, 11) is 1.91. The maximum atomic E-state index is 11.5. The van der Waals surface area contributed by atoms with Gasteiger partial charge in [-0.25, -0.2) is 9.97 Å². The number of aldehydes is 1. The maximum Gasteiger partial charge on any atom is 0.153 e. The van der Waals surface area contributed by atoms with E-state index in [-0.39, 0.29) is 12.2 Å². The van der Waals surface area contributed by atoms with Gasteiger partial charge in [-0.15, -0.1) is 0 Å². The Morgan fingerprint density at radius 1 is 1.27 bits per heavy atom. The van der Waals surface area contributed by atoms with Crippen molar-refractivity contribution in [1.29, 1.82) is 0 Å². The molecule has 1 aliphatic heterocycles. The lowest BCUT2D eigenvalue weighted by molar-refractivity contribution is -0.00549. The number of anilines is 1. The third-order valence-electron chi connectivity index (χ3n) is 3.74. The number of aryl methyl sites for hydroxylation is 1. The molecule has 2 atom stereocenters. The number of imidazole rings is 1. The topological polar surface area (TPSA) is 60.2 Å². The largest absolute Gasteiger partial charge is 0.372 e. The molecule has 3 rings (SSSR count). The minimum atomic E-state index is 0.125. The first kappa shape index (κ1) is 14.7. The lowest BCUT2D eigenvalue weighted by Gasteiger charge is -2.36. The Balaban J connectivity index is 1.94. The lowest BCUT2D eigenvalue weighted by atomic mass is 10.1. The van der Waals surface area contributed by atoms with E-state index in [1.54, 1.807) is 12.5 Å². The molecule has 0 saturated carbocycles. The number of aromatic nitrogens is 3. The highest BCUT2D eigenvalue weighted by Crippen LogP contribution is 2.25. The Morgan fingerprint density at radius 2 is 2.00 bits per heavy atom. The van der Waals surface area contributed by atoms with E-state index in [1.807, 2.05) is 37.7 Å². The number of carbonyl (C=O) groups is 1. The average molecular weight is 300 g/mol. The van der Waals surface area contributed by atoms with Gasteiger partial charge in [0.15, 0.2) is 6.29 Å². The van der Waals surface area contributed by atoms with Crippen LogP contribution in [0.1, 0.15) is 24.2 Å². The van der Waals surface area contributed by atoms with Crippen molar-refractivity contribution in [3.63, 3.8) is 0 Å². The highest BCUT2D eigenvalue weighted by atomic mass is 16.5. The van der Waals surface area contributed by atoms with E-state index >= 15 is 0 Å². The summed E-state index contributed by atoms with van der Waals surface area (Å²) < 4.78 is 7.61. The second kappa shape index (κ2) is 5.88. The van der Waals surface area contributed by atoms with Gasteiger partial charge in [-0.2, -0.15) is 0 Å². The monoisotopic (exact) mass is 300 g/mol. The summed E-state index contributed by atoms with van der Waals surface area (Å²) in [4.78, 5) is 22.4. The van der Waals surface area contributed by atoms with Gasteiger partial charge in [0.05, 0.1) is 29.8 Å². The van der Waals surface area contributed by atoms with Crippen molar-refractivity contribution in [2.24, 2.45) is 7.05 Å². The molecule has 0 aliphatic carbocycles. The zero-order valence-corrected chi connectivity index (χ0v) is 13.1. The fourth-order valence-electron chi connectivity index (χ4n) is 2.88. The van der Waals surface area contributed by atoms with Crippen LogP contribution in [-0.4, -0.2) is 46.1 Å². The highest BCUT2D eigenvalue weighted by Gasteiger charge is 2.25. The molecule has 0 N–H and O–H groups in total. The van der Waals surface area contributed by atoms with Crippen LogP contribution in [0.5, 0.6) is 0 Å². The molecule has 1 saturated heterocycles. The van der Waals surface area contributed by atoms with Crippen LogP contribution >= 0.6 is 0 Å². The zero-order chi connectivity index (χ0) is 15.7. The summed E-state index contributed by atoms with van der Waals surface area (Å²) in [6.07, 6.45) is 6.52. The number of rotatable bonds is 3. The number of carbonyl (C=O) groups excluding carboxylic acids is 1. The molecule has 0 spiro atoms. The van der Waals surface area contributed by atoms with Gasteiger partial charge < -0.3 is 14.2 Å². The Kier molecular flexibility index (Phi) is 3.94. The van der Waals surface area contributed by atoms with Crippen LogP contribution < -0.4 is 4.90 Å². The maximum absolute atomic E-state index is 11.5. The Hall–Kier alpha value is -2.21. The van der Waals surface area contributed by atoms with Gasteiger partial charge in [-0.05, 0) is 19.9 Å². The molecule has 1 aliphatic rings. The number of hydrogen-bond acceptors (Lipinski definition) is 5. The molecule has 22 heavy (non-hydrogen) atoms. The van der Waals surface area contributed by atoms with Crippen LogP contribution in [0.4, 0.5) is 5.82 Å². The first-order valence-corrected chi connectivity index (χ1v) is 7.40. The van der Waals surface area contributed by atoms with Crippen LogP contribution in [0.2, 0.25) is 0 Å². The molecule has 1 fully saturated rings. The smallest absolute Gasteiger partial charge is 0.153 e. The van der Waals surface area contributed by atoms with Gasteiger partial charge in [-0.3, -0.25) is 4.79 Å². The second-order valence-electron chi connectivity index (χ2n) is 5.84. The third-order valence-corrected chi connectivity index (χ3v) is 3.74. The molecule has 0 bridgehead atoms. The minimum absolute atomic E-state index is 0.125. The van der Waals surface area contributed by atoms with Crippen molar-refractivity contribution in [2.75, 3.05) is 18.0 Å². The quantitative estimate of drug-likeness (QED) is 0.810. The molecular formula is C16H20N4O2. The van der Waals surface area contributed by atoms with Crippen molar-refractivity contribution in [3.05, 3.63) is 30.4 Å². The number of hydrogen-bond donors (Lipinski definition) is 0. The van der Waals surface area contributed by atoms with Gasteiger partial charge >= 0.3 is 0 Å². The predicted molar refractivity (Wildman–Crippen MR) is 84.0 cm³/mol. The minimum Gasteiger partial charge on any atom is -0.372 e. The highest BCUT2D eigenvalue weighted by molar-refractivity contribution is 5.85. The summed E-state index contributed by atoms with van der Waals surface area (Å²) in [5.41, 5.74) is 2.25. The molecule has 0 unspecified atom stereocenters. The number of ether oxygens (including phenoxy) is 1. The van der Waals surface area contributed by atoms with E-state index in [2.05, 4.69) is 14.9 Å². The fraction of sp³-hybridized carbons (Fsp3) is 0.438. The Bertz CT molecular complexity index is 673. The van der Waals surface area contributed by atoms with E-state index < -0.39 is 0 Å². The summed E-state index contributed by atoms with van der Waals surface area (Å²) in [5.74, 6) is 0.719. The van der Waals surface area contributed by atoms with E-state index in [1.165, 1.54) is 0 Å². The van der Waals surface area contributed by atoms with Crippen molar-refractivity contribution >= 4 is 12.1 Å². The predicted octanol–water partition coefficient (Wildman–Crippen LogP) is 1.91. The fourth-order valence-corrected chi connectivity index (χ4v) is 2.88. The number of morpholine rings is 1. The molecule has 0 amide bonds. The number of nitrogens with zero attached hydrogens (tertiary/aromatic N) is 4. The Labute approximate surface area is 129 Å². The van der Waals surface area contributed by atoms with Gasteiger partial charge in [-0.1, -0.05) is 0 Å². The molecule has 6 heteroatoms. The molecule has 2 aromatic heterocycles. The standard InChI is InChI=1S/C16H20N4O2/c1-11-6-20(7-12(2)22-11)16-14(9-21)4-13(5-17-16)15-8-19(3)10-18-15/h4-5,8-12H,6-7H2,1-3H3/t11-,12+. The molecule has 116 valence electrons. The average Bonchev–Trinajstić information content (AvgIpc) is 2.92. The molecule has 3 heterocycles. The SMILES string of the molecule is C[C@@H]1CN(c2ncc(-c3cn(C)cn3)cc2C=O)C[C@H](C)O1. The summed E-state index contributed by atoms with van der Waals surface area (Å²) in [6, 6.07) is 1.85. The summed E-state index contributed by atoms with van der Waals surface area (Å²) in [6.45, 7) is 5.54. The molecule has 6 nitrogen and oxygen atoms in total. The van der Waals surface area contributed by atoms with Gasteiger partial charge in [0, 0.05) is 38.1 Å². The van der Waals surface area contributed by atoms with Crippen molar-refractivity contribution < 1.29 is 9.53 Å². The molecular weight excluding hydrogens is 280 g/mol. The van der Waals surface area contributed by atoms with Crippen molar-refractivity contribution in [1.82, 2.24) is 14.5 Å². The van der Waals surface area contributed by atoms with Gasteiger partial charge in [0.1, 0.15) is 5.82 Å². The van der Waals surface area contributed by atoms with E-state index in [0.29, 0.717) is 5.56 Å². The van der Waals surface area contributed by atoms with E-state index in [0.717, 1.165) is 36.5 Å². The first-order chi connectivity index (χ1) is 10.6. The van der Waals surface area contributed by atoms with E-state index in [4.69, 9.17) is 4.74 Å². The Morgan fingerprint density at radius 3 is 2.59 bits per heavy atom. The van der Waals surface area contributed by atoms with Crippen molar-refractivity contribution in [3.8, 4) is 11.3 Å². The van der Waals surface area contributed by atoms with Crippen LogP contribution in [0.3, 0.4) is 0 Å². The molecule has 0 radical (unpaired) electrons. The van der Waals surface area contributed by atoms with Crippen LogP contribution in [-0.2, 0) is 11.8 Å².